The van der Waals surface area contributed by atoms with Gasteiger partial charge in [0.1, 0.15) is 11.4 Å². The summed E-state index contributed by atoms with van der Waals surface area (Å²) in [7, 11) is -3.83. The highest BCUT2D eigenvalue weighted by Crippen LogP contribution is 2.35. The third kappa shape index (κ3) is 6.82. The first-order chi connectivity index (χ1) is 15.5. The number of esters is 1. The minimum atomic E-state index is -3.83. The number of fused-ring (bicyclic) bond motifs is 1. The van der Waals surface area contributed by atoms with Crippen LogP contribution in [0.25, 0.3) is 6.08 Å². The molecule has 0 saturated heterocycles. The molecule has 178 valence electrons. The van der Waals surface area contributed by atoms with E-state index in [1.54, 1.807) is 45.0 Å². The first-order valence-corrected chi connectivity index (χ1v) is 12.8. The van der Waals surface area contributed by atoms with Crippen molar-refractivity contribution in [1.82, 2.24) is 4.72 Å². The van der Waals surface area contributed by atoms with Gasteiger partial charge in [0, 0.05) is 11.1 Å². The zero-order valence-corrected chi connectivity index (χ0v) is 20.8. The minimum Gasteiger partial charge on any atom is -0.482 e. The summed E-state index contributed by atoms with van der Waals surface area (Å²) in [4.78, 5) is 12.2. The van der Waals surface area contributed by atoms with E-state index < -0.39 is 27.6 Å². The zero-order chi connectivity index (χ0) is 24.2. The molecule has 33 heavy (non-hydrogen) atoms. The number of carbonyl (C=O) groups is 1. The maximum atomic E-state index is 13.2. The molecule has 0 saturated carbocycles. The van der Waals surface area contributed by atoms with Crippen LogP contribution in [0.15, 0.2) is 47.9 Å². The number of nitrogens with one attached hydrogen (secondary N) is 1. The molecule has 0 bridgehead atoms. The smallest absolute Gasteiger partial charge is 0.344 e. The van der Waals surface area contributed by atoms with Crippen molar-refractivity contribution in [3.63, 3.8) is 0 Å². The topological polar surface area (TPSA) is 81.7 Å². The van der Waals surface area contributed by atoms with Crippen LogP contribution in [0.2, 0.25) is 5.02 Å². The van der Waals surface area contributed by atoms with E-state index >= 15 is 0 Å². The molecule has 0 aliphatic heterocycles. The SMILES string of the molecule is C=Cc1cc(Cl)cc(S(=O)(=O)NC2CCCCc3c(OCC(=O)OC(C)(C)C)cccc32)c1. The highest BCUT2D eigenvalue weighted by atomic mass is 35.5. The van der Waals surface area contributed by atoms with E-state index in [-0.39, 0.29) is 11.5 Å². The van der Waals surface area contributed by atoms with Gasteiger partial charge in [-0.1, -0.05) is 42.8 Å². The molecule has 1 unspecified atom stereocenters. The Bertz CT molecular complexity index is 1140. The predicted molar refractivity (Wildman–Crippen MR) is 130 cm³/mol. The average molecular weight is 492 g/mol. The van der Waals surface area contributed by atoms with Crippen LogP contribution >= 0.6 is 11.6 Å². The number of ether oxygens (including phenoxy) is 2. The number of benzene rings is 2. The van der Waals surface area contributed by atoms with Crippen molar-refractivity contribution in [1.29, 1.82) is 0 Å². The number of rotatable bonds is 7. The number of halogens is 1. The van der Waals surface area contributed by atoms with Crippen LogP contribution in [-0.2, 0) is 26.0 Å². The van der Waals surface area contributed by atoms with Crippen molar-refractivity contribution in [3.8, 4) is 5.75 Å². The first-order valence-electron chi connectivity index (χ1n) is 10.9. The second-order valence-electron chi connectivity index (χ2n) is 9.04. The summed E-state index contributed by atoms with van der Waals surface area (Å²) in [6.45, 7) is 8.88. The second kappa shape index (κ2) is 10.3. The van der Waals surface area contributed by atoms with Crippen molar-refractivity contribution in [2.75, 3.05) is 6.61 Å². The largest absolute Gasteiger partial charge is 0.482 e. The van der Waals surface area contributed by atoms with E-state index in [2.05, 4.69) is 11.3 Å². The van der Waals surface area contributed by atoms with Crippen molar-refractivity contribution in [3.05, 3.63) is 64.7 Å². The Morgan fingerprint density at radius 1 is 1.24 bits per heavy atom. The molecule has 0 spiro atoms. The monoisotopic (exact) mass is 491 g/mol. The van der Waals surface area contributed by atoms with Crippen molar-refractivity contribution < 1.29 is 22.7 Å². The van der Waals surface area contributed by atoms with Crippen LogP contribution in [0.1, 0.15) is 62.8 Å². The summed E-state index contributed by atoms with van der Waals surface area (Å²) < 4.78 is 40.3. The standard InChI is InChI=1S/C25H30ClNO5S/c1-5-17-13-18(26)15-19(14-17)33(29,30)27-22-11-7-6-9-21-20(22)10-8-12-23(21)31-16-24(28)32-25(2,3)4/h5,8,10,12-15,22,27H,1,6-7,9,11,16H2,2-4H3. The average Bonchev–Trinajstić information content (AvgIpc) is 2.93. The molecule has 0 fully saturated rings. The summed E-state index contributed by atoms with van der Waals surface area (Å²) in [5.74, 6) is 0.117. The molecular weight excluding hydrogens is 462 g/mol. The Balaban J connectivity index is 1.85. The van der Waals surface area contributed by atoms with Crippen LogP contribution in [0.4, 0.5) is 0 Å². The quantitative estimate of drug-likeness (QED) is 0.411. The fourth-order valence-electron chi connectivity index (χ4n) is 3.86. The fraction of sp³-hybridized carbons (Fsp3) is 0.400. The highest BCUT2D eigenvalue weighted by Gasteiger charge is 2.27. The van der Waals surface area contributed by atoms with Gasteiger partial charge in [-0.05, 0) is 81.0 Å². The summed E-state index contributed by atoms with van der Waals surface area (Å²) >= 11 is 6.11. The molecule has 6 nitrogen and oxygen atoms in total. The number of carbonyl (C=O) groups excluding carboxylic acids is 1. The molecule has 8 heteroatoms. The van der Waals surface area contributed by atoms with Gasteiger partial charge in [-0.15, -0.1) is 0 Å². The molecule has 0 heterocycles. The van der Waals surface area contributed by atoms with Crippen molar-refractivity contribution >= 4 is 33.7 Å². The van der Waals surface area contributed by atoms with Gasteiger partial charge in [-0.25, -0.2) is 17.9 Å². The molecule has 1 aliphatic carbocycles. The Morgan fingerprint density at radius 2 is 2.00 bits per heavy atom. The molecule has 2 aromatic carbocycles. The molecule has 3 rings (SSSR count). The predicted octanol–water partition coefficient (Wildman–Crippen LogP) is 5.45. The third-order valence-corrected chi connectivity index (χ3v) is 6.89. The van der Waals surface area contributed by atoms with Gasteiger partial charge >= 0.3 is 5.97 Å². The molecule has 1 N–H and O–H groups in total. The van der Waals surface area contributed by atoms with E-state index in [1.165, 1.54) is 6.07 Å². The maximum Gasteiger partial charge on any atom is 0.344 e. The van der Waals surface area contributed by atoms with Gasteiger partial charge in [0.05, 0.1) is 4.90 Å². The number of hydrogen-bond acceptors (Lipinski definition) is 5. The van der Waals surface area contributed by atoms with Crippen LogP contribution in [0.5, 0.6) is 5.75 Å². The first kappa shape index (κ1) is 25.3. The minimum absolute atomic E-state index is 0.0908. The maximum absolute atomic E-state index is 13.2. The normalized spacial score (nSPS) is 16.4. The molecule has 0 aromatic heterocycles. The molecule has 0 radical (unpaired) electrons. The van der Waals surface area contributed by atoms with Crippen LogP contribution in [-0.4, -0.2) is 26.6 Å². The second-order valence-corrected chi connectivity index (χ2v) is 11.2. The molecular formula is C25H30ClNO5S. The number of hydrogen-bond donors (Lipinski definition) is 1. The van der Waals surface area contributed by atoms with Crippen molar-refractivity contribution in [2.45, 2.75) is 63.0 Å². The van der Waals surface area contributed by atoms with Gasteiger partial charge < -0.3 is 9.47 Å². The molecule has 0 amide bonds. The van der Waals surface area contributed by atoms with Gasteiger partial charge in [0.15, 0.2) is 6.61 Å². The molecule has 1 aliphatic rings. The molecule has 1 atom stereocenters. The van der Waals surface area contributed by atoms with E-state index in [1.807, 2.05) is 12.1 Å². The summed E-state index contributed by atoms with van der Waals surface area (Å²) in [5.41, 5.74) is 1.79. The van der Waals surface area contributed by atoms with Gasteiger partial charge in [0.25, 0.3) is 0 Å². The van der Waals surface area contributed by atoms with Gasteiger partial charge in [-0.2, -0.15) is 0 Å². The Labute approximate surface area is 201 Å². The lowest BCUT2D eigenvalue weighted by atomic mass is 9.99. The van der Waals surface area contributed by atoms with E-state index in [9.17, 15) is 13.2 Å². The van der Waals surface area contributed by atoms with E-state index in [0.29, 0.717) is 22.8 Å². The van der Waals surface area contributed by atoms with Gasteiger partial charge in [-0.3, -0.25) is 0 Å². The summed E-state index contributed by atoms with van der Waals surface area (Å²) in [6, 6.07) is 9.71. The highest BCUT2D eigenvalue weighted by molar-refractivity contribution is 7.89. The van der Waals surface area contributed by atoms with Gasteiger partial charge in [0.2, 0.25) is 10.0 Å². The summed E-state index contributed by atoms with van der Waals surface area (Å²) in [6.07, 6.45) is 4.67. The van der Waals surface area contributed by atoms with Crippen LogP contribution in [0.3, 0.4) is 0 Å². The van der Waals surface area contributed by atoms with Crippen LogP contribution < -0.4 is 9.46 Å². The fourth-order valence-corrected chi connectivity index (χ4v) is 5.50. The third-order valence-electron chi connectivity index (χ3n) is 5.22. The Kier molecular flexibility index (Phi) is 7.88. The Hall–Kier alpha value is -2.35. The van der Waals surface area contributed by atoms with Crippen molar-refractivity contribution in [2.24, 2.45) is 0 Å². The van der Waals surface area contributed by atoms with E-state index in [0.717, 1.165) is 30.4 Å². The number of sulfonamides is 1. The zero-order valence-electron chi connectivity index (χ0n) is 19.2. The lowest BCUT2D eigenvalue weighted by Crippen LogP contribution is -2.29. The molecule has 2 aromatic rings. The summed E-state index contributed by atoms with van der Waals surface area (Å²) in [5, 5.41) is 0.326. The lowest BCUT2D eigenvalue weighted by Gasteiger charge is -2.22. The van der Waals surface area contributed by atoms with E-state index in [4.69, 9.17) is 21.1 Å². The Morgan fingerprint density at radius 3 is 2.70 bits per heavy atom. The van der Waals surface area contributed by atoms with Crippen LogP contribution in [0, 0.1) is 0 Å². The lowest BCUT2D eigenvalue weighted by molar-refractivity contribution is -0.157.